The maximum absolute atomic E-state index is 5.25. The fourth-order valence-corrected chi connectivity index (χ4v) is 1.67. The largest absolute Gasteiger partial charge is 0.467 e. The van der Waals surface area contributed by atoms with Crippen LogP contribution >= 0.6 is 12.2 Å². The first-order valence-electron chi connectivity index (χ1n) is 6.78. The molecule has 3 heteroatoms. The lowest BCUT2D eigenvalue weighted by Crippen LogP contribution is -2.12. The van der Waals surface area contributed by atoms with Gasteiger partial charge in [0.25, 0.3) is 5.17 Å². The second-order valence-corrected chi connectivity index (χ2v) is 5.49. The van der Waals surface area contributed by atoms with E-state index in [1.807, 2.05) is 6.08 Å². The summed E-state index contributed by atoms with van der Waals surface area (Å²) in [6, 6.07) is 0. The number of thiocarbonyl (C=S) groups is 1. The van der Waals surface area contributed by atoms with E-state index in [2.05, 4.69) is 52.1 Å². The maximum Gasteiger partial charge on any atom is 0.254 e. The first kappa shape index (κ1) is 17.9. The molecule has 2 N–H and O–H groups in total. The van der Waals surface area contributed by atoms with Gasteiger partial charge in [-0.15, -0.1) is 0 Å². The van der Waals surface area contributed by atoms with Crippen molar-refractivity contribution in [2.45, 2.75) is 53.4 Å². The zero-order valence-corrected chi connectivity index (χ0v) is 13.5. The van der Waals surface area contributed by atoms with Crippen molar-refractivity contribution >= 4 is 17.4 Å². The van der Waals surface area contributed by atoms with Gasteiger partial charge in [-0.3, -0.25) is 0 Å². The van der Waals surface area contributed by atoms with Gasteiger partial charge in [0.1, 0.15) is 6.61 Å². The zero-order valence-electron chi connectivity index (χ0n) is 12.7. The molecule has 0 heterocycles. The first-order valence-corrected chi connectivity index (χ1v) is 7.19. The molecule has 0 atom stereocenters. The summed E-state index contributed by atoms with van der Waals surface area (Å²) in [5.41, 5.74) is 9.42. The predicted molar refractivity (Wildman–Crippen MR) is 88.2 cm³/mol. The van der Waals surface area contributed by atoms with Crippen LogP contribution in [0.1, 0.15) is 53.4 Å². The lowest BCUT2D eigenvalue weighted by Gasteiger charge is -2.02. The molecule has 0 rings (SSSR count). The summed E-state index contributed by atoms with van der Waals surface area (Å²) in [6.07, 6.45) is 11.1. The minimum absolute atomic E-state index is 0.110. The first-order chi connectivity index (χ1) is 8.91. The van der Waals surface area contributed by atoms with Crippen molar-refractivity contribution in [2.75, 3.05) is 6.61 Å². The highest BCUT2D eigenvalue weighted by Crippen LogP contribution is 2.11. The van der Waals surface area contributed by atoms with E-state index in [0.717, 1.165) is 25.7 Å². The van der Waals surface area contributed by atoms with Crippen LogP contribution in [0, 0.1) is 0 Å². The molecule has 0 amide bonds. The monoisotopic (exact) mass is 281 g/mol. The van der Waals surface area contributed by atoms with Gasteiger partial charge in [0.05, 0.1) is 0 Å². The minimum Gasteiger partial charge on any atom is -0.467 e. The van der Waals surface area contributed by atoms with Crippen molar-refractivity contribution in [3.05, 3.63) is 34.9 Å². The van der Waals surface area contributed by atoms with E-state index in [1.54, 1.807) is 0 Å². The quantitative estimate of drug-likeness (QED) is 0.519. The standard InChI is InChI=1S/C16H27NOS/c1-13(2)7-5-8-14(3)9-6-10-15(4)11-12-18-16(17)19/h7,9,11H,5-6,8,10,12H2,1-4H3,(H2,17,19)/b14-9+,15-11+. The van der Waals surface area contributed by atoms with Crippen LogP contribution in [0.4, 0.5) is 0 Å². The van der Waals surface area contributed by atoms with Crippen LogP contribution in [0.25, 0.3) is 0 Å². The molecule has 0 aromatic rings. The summed E-state index contributed by atoms with van der Waals surface area (Å²) in [7, 11) is 0. The van der Waals surface area contributed by atoms with E-state index in [1.165, 1.54) is 16.7 Å². The van der Waals surface area contributed by atoms with Gasteiger partial charge in [-0.2, -0.15) is 0 Å². The molecule has 0 saturated heterocycles. The van der Waals surface area contributed by atoms with Gasteiger partial charge < -0.3 is 10.5 Å². The minimum atomic E-state index is 0.110. The Morgan fingerprint density at radius 2 is 1.47 bits per heavy atom. The molecular weight excluding hydrogens is 254 g/mol. The van der Waals surface area contributed by atoms with E-state index in [4.69, 9.17) is 10.5 Å². The molecule has 0 aliphatic rings. The van der Waals surface area contributed by atoms with Crippen molar-refractivity contribution < 1.29 is 4.74 Å². The molecule has 19 heavy (non-hydrogen) atoms. The molecule has 0 fully saturated rings. The average molecular weight is 281 g/mol. The Labute approximate surface area is 123 Å². The maximum atomic E-state index is 5.25. The van der Waals surface area contributed by atoms with Crippen LogP contribution in [-0.4, -0.2) is 11.8 Å². The SMILES string of the molecule is CC(C)=CCC/C(C)=C/CC/C(C)=C/COC(N)=S. The number of rotatable bonds is 8. The molecule has 0 radical (unpaired) electrons. The molecular formula is C16H27NOS. The Kier molecular flexibility index (Phi) is 10.2. The molecule has 0 aliphatic carbocycles. The summed E-state index contributed by atoms with van der Waals surface area (Å²) in [5.74, 6) is 0. The van der Waals surface area contributed by atoms with Gasteiger partial charge in [0.2, 0.25) is 0 Å². The highest BCUT2D eigenvalue weighted by Gasteiger charge is 1.92. The smallest absolute Gasteiger partial charge is 0.254 e. The summed E-state index contributed by atoms with van der Waals surface area (Å²) >= 11 is 4.64. The van der Waals surface area contributed by atoms with Crippen molar-refractivity contribution in [1.82, 2.24) is 0 Å². The van der Waals surface area contributed by atoms with Crippen LogP contribution < -0.4 is 5.73 Å². The fraction of sp³-hybridized carbons (Fsp3) is 0.562. The zero-order chi connectivity index (χ0) is 14.7. The molecule has 0 unspecified atom stereocenters. The number of nitrogens with two attached hydrogens (primary N) is 1. The second kappa shape index (κ2) is 10.8. The Morgan fingerprint density at radius 3 is 2.00 bits per heavy atom. The van der Waals surface area contributed by atoms with Crippen molar-refractivity contribution in [1.29, 1.82) is 0 Å². The third kappa shape index (κ3) is 13.1. The van der Waals surface area contributed by atoms with Gasteiger partial charge in [-0.25, -0.2) is 0 Å². The third-order valence-corrected chi connectivity index (χ3v) is 2.90. The summed E-state index contributed by atoms with van der Waals surface area (Å²) in [6.45, 7) is 9.07. The highest BCUT2D eigenvalue weighted by molar-refractivity contribution is 7.80. The second-order valence-electron chi connectivity index (χ2n) is 5.09. The Morgan fingerprint density at radius 1 is 0.947 bits per heavy atom. The van der Waals surface area contributed by atoms with E-state index >= 15 is 0 Å². The van der Waals surface area contributed by atoms with Gasteiger partial charge in [-0.05, 0) is 71.7 Å². The van der Waals surface area contributed by atoms with Gasteiger partial charge in [-0.1, -0.05) is 28.9 Å². The van der Waals surface area contributed by atoms with E-state index in [-0.39, 0.29) is 5.17 Å². The average Bonchev–Trinajstić information content (AvgIpc) is 2.27. The molecule has 0 aromatic carbocycles. The highest BCUT2D eigenvalue weighted by atomic mass is 32.1. The molecule has 108 valence electrons. The van der Waals surface area contributed by atoms with Gasteiger partial charge in [0, 0.05) is 0 Å². The fourth-order valence-electron chi connectivity index (χ4n) is 1.60. The van der Waals surface area contributed by atoms with Crippen molar-refractivity contribution in [3.8, 4) is 0 Å². The predicted octanol–water partition coefficient (Wildman–Crippen LogP) is 4.67. The summed E-state index contributed by atoms with van der Waals surface area (Å²) < 4.78 is 5.03. The lowest BCUT2D eigenvalue weighted by atomic mass is 10.1. The third-order valence-electron chi connectivity index (χ3n) is 2.78. The molecule has 0 bridgehead atoms. The number of allylic oxidation sites excluding steroid dienone is 5. The topological polar surface area (TPSA) is 35.2 Å². The summed E-state index contributed by atoms with van der Waals surface area (Å²) in [5, 5.41) is 0.110. The number of hydrogen-bond acceptors (Lipinski definition) is 2. The van der Waals surface area contributed by atoms with E-state index < -0.39 is 0 Å². The van der Waals surface area contributed by atoms with E-state index in [0.29, 0.717) is 6.61 Å². The molecule has 2 nitrogen and oxygen atoms in total. The Hall–Kier alpha value is -1.09. The van der Waals surface area contributed by atoms with Crippen LogP contribution in [0.15, 0.2) is 34.9 Å². The van der Waals surface area contributed by atoms with Crippen LogP contribution in [0.3, 0.4) is 0 Å². The molecule has 0 spiro atoms. The van der Waals surface area contributed by atoms with Crippen molar-refractivity contribution in [3.63, 3.8) is 0 Å². The number of ether oxygens (including phenoxy) is 1. The van der Waals surface area contributed by atoms with Gasteiger partial charge in [0.15, 0.2) is 0 Å². The lowest BCUT2D eigenvalue weighted by molar-refractivity contribution is 0.353. The normalized spacial score (nSPS) is 12.2. The summed E-state index contributed by atoms with van der Waals surface area (Å²) in [4.78, 5) is 0. The van der Waals surface area contributed by atoms with Crippen molar-refractivity contribution in [2.24, 2.45) is 5.73 Å². The van der Waals surface area contributed by atoms with Crippen LogP contribution in [0.2, 0.25) is 0 Å². The molecule has 0 saturated carbocycles. The van der Waals surface area contributed by atoms with Gasteiger partial charge >= 0.3 is 0 Å². The van der Waals surface area contributed by atoms with E-state index in [9.17, 15) is 0 Å². The molecule has 0 aliphatic heterocycles. The molecule has 0 aromatic heterocycles. The number of hydrogen-bond donors (Lipinski definition) is 1. The Bertz CT molecular complexity index is 363. The van der Waals surface area contributed by atoms with Crippen LogP contribution in [0.5, 0.6) is 0 Å². The Balaban J connectivity index is 3.86. The van der Waals surface area contributed by atoms with Crippen LogP contribution in [-0.2, 0) is 4.74 Å².